The Morgan fingerprint density at radius 2 is 2.11 bits per heavy atom. The third kappa shape index (κ3) is 2.68. The van der Waals surface area contributed by atoms with E-state index in [1.165, 1.54) is 0 Å². The van der Waals surface area contributed by atoms with E-state index in [1.807, 2.05) is 0 Å². The molecule has 1 aromatic carbocycles. The predicted molar refractivity (Wildman–Crippen MR) is 80.0 cm³/mol. The lowest BCUT2D eigenvalue weighted by molar-refractivity contribution is -0.115. The second-order valence-corrected chi connectivity index (χ2v) is 5.27. The fourth-order valence-corrected chi connectivity index (χ4v) is 2.69. The van der Waals surface area contributed by atoms with Gasteiger partial charge in [0.15, 0.2) is 5.11 Å². The number of halogens is 2. The van der Waals surface area contributed by atoms with Crippen LogP contribution in [0.5, 0.6) is 0 Å². The molecule has 2 rings (SSSR count). The van der Waals surface area contributed by atoms with E-state index in [1.54, 1.807) is 25.1 Å². The van der Waals surface area contributed by atoms with Crippen molar-refractivity contribution in [3.05, 3.63) is 45.1 Å². The minimum absolute atomic E-state index is 0.373. The highest BCUT2D eigenvalue weighted by Crippen LogP contribution is 2.34. The molecule has 0 aromatic heterocycles. The summed E-state index contributed by atoms with van der Waals surface area (Å²) in [7, 11) is 0. The number of primary amides is 1. The van der Waals surface area contributed by atoms with Gasteiger partial charge in [0.05, 0.1) is 21.7 Å². The van der Waals surface area contributed by atoms with Crippen LogP contribution in [0.25, 0.3) is 0 Å². The molecule has 1 aliphatic rings. The van der Waals surface area contributed by atoms with Gasteiger partial charge >= 0.3 is 0 Å². The number of carbonyl (C=O) groups is 1. The molecule has 1 unspecified atom stereocenters. The van der Waals surface area contributed by atoms with Crippen LogP contribution in [0.1, 0.15) is 18.5 Å². The number of allylic oxidation sites excluding steroid dienone is 1. The van der Waals surface area contributed by atoms with E-state index in [-0.39, 0.29) is 0 Å². The van der Waals surface area contributed by atoms with Crippen molar-refractivity contribution >= 4 is 46.4 Å². The molecule has 0 radical (unpaired) electrons. The normalized spacial score (nSPS) is 18.9. The van der Waals surface area contributed by atoms with Gasteiger partial charge in [0.1, 0.15) is 0 Å². The van der Waals surface area contributed by atoms with Gasteiger partial charge in [-0.15, -0.1) is 0 Å². The summed E-state index contributed by atoms with van der Waals surface area (Å²) in [4.78, 5) is 11.6. The summed E-state index contributed by atoms with van der Waals surface area (Å²) in [6, 6.07) is 4.70. The molecule has 0 saturated carbocycles. The second-order valence-electron chi connectivity index (χ2n) is 4.08. The number of rotatable bonds is 2. The highest BCUT2D eigenvalue weighted by atomic mass is 35.5. The Labute approximate surface area is 125 Å². The minimum Gasteiger partial charge on any atom is -0.366 e. The first-order valence-corrected chi connectivity index (χ1v) is 6.60. The molecule has 1 aliphatic heterocycles. The summed E-state index contributed by atoms with van der Waals surface area (Å²) in [6.07, 6.45) is 0. The third-order valence-electron chi connectivity index (χ3n) is 2.83. The number of carbonyl (C=O) groups excluding carboxylic acids is 1. The van der Waals surface area contributed by atoms with Crippen LogP contribution in [0.4, 0.5) is 0 Å². The topological polar surface area (TPSA) is 67.2 Å². The highest BCUT2D eigenvalue weighted by Gasteiger charge is 2.30. The predicted octanol–water partition coefficient (Wildman–Crippen LogP) is 2.27. The summed E-state index contributed by atoms with van der Waals surface area (Å²) < 4.78 is 0. The van der Waals surface area contributed by atoms with Crippen LogP contribution in [0.15, 0.2) is 29.5 Å². The maximum Gasteiger partial charge on any atom is 0.248 e. The molecule has 1 atom stereocenters. The molecule has 1 aromatic rings. The molecule has 7 heteroatoms. The number of thiocarbonyl (C=S) groups is 1. The molecule has 0 aliphatic carbocycles. The molecule has 4 N–H and O–H groups in total. The average Bonchev–Trinajstić information content (AvgIpc) is 2.31. The quantitative estimate of drug-likeness (QED) is 0.732. The lowest BCUT2D eigenvalue weighted by atomic mass is 9.95. The van der Waals surface area contributed by atoms with E-state index in [0.717, 1.165) is 0 Å². The number of nitrogens with two attached hydrogens (primary N) is 1. The summed E-state index contributed by atoms with van der Waals surface area (Å²) >= 11 is 17.3. The molecule has 4 nitrogen and oxygen atoms in total. The van der Waals surface area contributed by atoms with Crippen molar-refractivity contribution in [3.63, 3.8) is 0 Å². The SMILES string of the molecule is CC1=C(C(N)=O)C(c2cccc(Cl)c2Cl)NC(=S)N1. The van der Waals surface area contributed by atoms with Gasteiger partial charge in [0.25, 0.3) is 0 Å². The van der Waals surface area contributed by atoms with Crippen molar-refractivity contribution in [3.8, 4) is 0 Å². The summed E-state index contributed by atoms with van der Waals surface area (Å²) in [5, 5.41) is 7.04. The lowest BCUT2D eigenvalue weighted by Gasteiger charge is -2.30. The van der Waals surface area contributed by atoms with Gasteiger partial charge in [0.2, 0.25) is 5.91 Å². The van der Waals surface area contributed by atoms with E-state index < -0.39 is 11.9 Å². The van der Waals surface area contributed by atoms with Crippen molar-refractivity contribution in [1.29, 1.82) is 0 Å². The number of hydrogen-bond acceptors (Lipinski definition) is 2. The average molecular weight is 316 g/mol. The van der Waals surface area contributed by atoms with E-state index in [4.69, 9.17) is 41.2 Å². The number of hydrogen-bond donors (Lipinski definition) is 3. The summed E-state index contributed by atoms with van der Waals surface area (Å²) in [6.45, 7) is 1.73. The first-order chi connectivity index (χ1) is 8.91. The van der Waals surface area contributed by atoms with Crippen LogP contribution < -0.4 is 16.4 Å². The molecule has 19 heavy (non-hydrogen) atoms. The van der Waals surface area contributed by atoms with E-state index >= 15 is 0 Å². The molecular weight excluding hydrogens is 305 g/mol. The van der Waals surface area contributed by atoms with E-state index in [9.17, 15) is 4.79 Å². The molecule has 100 valence electrons. The monoisotopic (exact) mass is 315 g/mol. The van der Waals surface area contributed by atoms with Crippen molar-refractivity contribution in [1.82, 2.24) is 10.6 Å². The van der Waals surface area contributed by atoms with Crippen LogP contribution in [-0.4, -0.2) is 11.0 Å². The smallest absolute Gasteiger partial charge is 0.248 e. The number of amides is 1. The lowest BCUT2D eigenvalue weighted by Crippen LogP contribution is -2.46. The Morgan fingerprint density at radius 3 is 2.74 bits per heavy atom. The molecule has 0 bridgehead atoms. The van der Waals surface area contributed by atoms with Crippen LogP contribution in [0, 0.1) is 0 Å². The van der Waals surface area contributed by atoms with Crippen molar-refractivity contribution in [2.45, 2.75) is 13.0 Å². The number of benzene rings is 1. The van der Waals surface area contributed by atoms with Gasteiger partial charge in [-0.1, -0.05) is 35.3 Å². The number of nitrogens with one attached hydrogen (secondary N) is 2. The van der Waals surface area contributed by atoms with Gasteiger partial charge in [-0.05, 0) is 30.8 Å². The largest absolute Gasteiger partial charge is 0.366 e. The third-order valence-corrected chi connectivity index (χ3v) is 3.88. The first-order valence-electron chi connectivity index (χ1n) is 5.43. The van der Waals surface area contributed by atoms with Gasteiger partial charge < -0.3 is 16.4 Å². The van der Waals surface area contributed by atoms with Crippen molar-refractivity contribution in [2.24, 2.45) is 5.73 Å². The first kappa shape index (κ1) is 14.1. The Hall–Kier alpha value is -1.30. The zero-order chi connectivity index (χ0) is 14.2. The fourth-order valence-electron chi connectivity index (χ4n) is 2.00. The van der Waals surface area contributed by atoms with Gasteiger partial charge in [-0.25, -0.2) is 0 Å². The van der Waals surface area contributed by atoms with Crippen molar-refractivity contribution < 1.29 is 4.79 Å². The van der Waals surface area contributed by atoms with Crippen LogP contribution in [0.3, 0.4) is 0 Å². The zero-order valence-corrected chi connectivity index (χ0v) is 12.3. The molecule has 1 heterocycles. The molecule has 0 saturated heterocycles. The maximum absolute atomic E-state index is 11.6. The zero-order valence-electron chi connectivity index (χ0n) is 9.96. The van der Waals surface area contributed by atoms with Gasteiger partial charge in [-0.2, -0.15) is 0 Å². The van der Waals surface area contributed by atoms with Gasteiger partial charge in [-0.3, -0.25) is 4.79 Å². The Morgan fingerprint density at radius 1 is 1.42 bits per heavy atom. The van der Waals surface area contributed by atoms with E-state index in [2.05, 4.69) is 10.6 Å². The van der Waals surface area contributed by atoms with Crippen LogP contribution >= 0.6 is 35.4 Å². The molecule has 0 fully saturated rings. The maximum atomic E-state index is 11.6. The molecule has 0 spiro atoms. The summed E-state index contributed by atoms with van der Waals surface area (Å²) in [5.41, 5.74) is 7.08. The standard InChI is InChI=1S/C12H11Cl2N3OS/c1-5-8(11(15)18)10(17-12(19)16-5)6-3-2-4-7(13)9(6)14/h2-4,10H,1H3,(H2,15,18)(H2,16,17,19). The minimum atomic E-state index is -0.541. The second kappa shape index (κ2) is 5.36. The highest BCUT2D eigenvalue weighted by molar-refractivity contribution is 7.80. The van der Waals surface area contributed by atoms with Crippen LogP contribution in [-0.2, 0) is 4.79 Å². The van der Waals surface area contributed by atoms with Gasteiger partial charge in [0, 0.05) is 5.70 Å². The Balaban J connectivity index is 2.58. The molecular formula is C12H11Cl2N3OS. The summed E-state index contributed by atoms with van der Waals surface area (Å²) in [5.74, 6) is -0.541. The van der Waals surface area contributed by atoms with Crippen molar-refractivity contribution in [2.75, 3.05) is 0 Å². The molecule has 1 amide bonds. The fraction of sp³-hybridized carbons (Fsp3) is 0.167. The van der Waals surface area contributed by atoms with Crippen LogP contribution in [0.2, 0.25) is 10.0 Å². The van der Waals surface area contributed by atoms with E-state index in [0.29, 0.717) is 32.0 Å². The Bertz CT molecular complexity index is 601. The Kier molecular flexibility index (Phi) is 3.99.